The van der Waals surface area contributed by atoms with Gasteiger partial charge in [-0.15, -0.1) is 0 Å². The van der Waals surface area contributed by atoms with Gasteiger partial charge in [0.05, 0.1) is 0 Å². The van der Waals surface area contributed by atoms with Gasteiger partial charge >= 0.3 is 0 Å². The summed E-state index contributed by atoms with van der Waals surface area (Å²) in [5.41, 5.74) is 0.438. The highest BCUT2D eigenvalue weighted by Gasteiger charge is 2.34. The molecule has 1 aliphatic heterocycles. The van der Waals surface area contributed by atoms with Crippen LogP contribution in [0.5, 0.6) is 0 Å². The van der Waals surface area contributed by atoms with Gasteiger partial charge in [-0.3, -0.25) is 0 Å². The molecule has 1 heterocycles. The molecule has 0 aliphatic carbocycles. The normalized spacial score (nSPS) is 23.8. The Kier molecular flexibility index (Phi) is 4.00. The maximum Gasteiger partial charge on any atom is 0.162 e. The molecular weight excluding hydrogens is 232 g/mol. The third kappa shape index (κ3) is 2.89. The van der Waals surface area contributed by atoms with E-state index in [0.717, 1.165) is 25.8 Å². The lowest BCUT2D eigenvalue weighted by atomic mass is 9.82. The fourth-order valence-corrected chi connectivity index (χ4v) is 3.10. The van der Waals surface area contributed by atoms with Crippen molar-refractivity contribution in [2.75, 3.05) is 6.54 Å². The van der Waals surface area contributed by atoms with Crippen molar-refractivity contribution in [1.82, 2.24) is 5.32 Å². The Balaban J connectivity index is 2.21. The van der Waals surface area contributed by atoms with Crippen molar-refractivity contribution in [3.05, 3.63) is 35.4 Å². The average Bonchev–Trinajstić information content (AvgIpc) is 2.72. The molecule has 1 aromatic carbocycles. The molecule has 1 saturated heterocycles. The van der Waals surface area contributed by atoms with Crippen LogP contribution in [0.3, 0.4) is 0 Å². The molecule has 18 heavy (non-hydrogen) atoms. The van der Waals surface area contributed by atoms with Crippen molar-refractivity contribution in [1.29, 1.82) is 0 Å². The zero-order valence-corrected chi connectivity index (χ0v) is 11.1. The zero-order chi connectivity index (χ0) is 13.2. The smallest absolute Gasteiger partial charge is 0.162 e. The summed E-state index contributed by atoms with van der Waals surface area (Å²) in [6.45, 7) is 5.32. The lowest BCUT2D eigenvalue weighted by Crippen LogP contribution is -2.43. The summed E-state index contributed by atoms with van der Waals surface area (Å²) < 4.78 is 27.0. The van der Waals surface area contributed by atoms with Gasteiger partial charge in [0, 0.05) is 5.54 Å². The molecule has 0 spiro atoms. The first-order chi connectivity index (χ1) is 8.52. The molecule has 1 unspecified atom stereocenters. The van der Waals surface area contributed by atoms with Crippen molar-refractivity contribution < 1.29 is 8.78 Å². The predicted molar refractivity (Wildman–Crippen MR) is 69.5 cm³/mol. The highest BCUT2D eigenvalue weighted by Crippen LogP contribution is 2.31. The van der Waals surface area contributed by atoms with Gasteiger partial charge in [-0.25, -0.2) is 8.78 Å². The first-order valence-electron chi connectivity index (χ1n) is 6.70. The van der Waals surface area contributed by atoms with Crippen LogP contribution in [0.4, 0.5) is 8.78 Å². The quantitative estimate of drug-likeness (QED) is 0.863. The zero-order valence-electron chi connectivity index (χ0n) is 11.1. The number of hydrogen-bond acceptors (Lipinski definition) is 1. The summed E-state index contributed by atoms with van der Waals surface area (Å²) in [5.74, 6) is -0.883. The van der Waals surface area contributed by atoms with Gasteiger partial charge in [-0.1, -0.05) is 26.0 Å². The maximum absolute atomic E-state index is 13.8. The van der Waals surface area contributed by atoms with E-state index in [9.17, 15) is 8.78 Å². The Morgan fingerprint density at radius 2 is 2.11 bits per heavy atom. The molecule has 0 bridgehead atoms. The van der Waals surface area contributed by atoms with Gasteiger partial charge in [0.25, 0.3) is 0 Å². The number of halogens is 2. The molecule has 1 aromatic rings. The lowest BCUT2D eigenvalue weighted by molar-refractivity contribution is 0.297. The summed E-state index contributed by atoms with van der Waals surface area (Å²) in [6.07, 6.45) is 3.74. The first kappa shape index (κ1) is 13.5. The highest BCUT2D eigenvalue weighted by molar-refractivity contribution is 5.22. The molecule has 1 aliphatic rings. The highest BCUT2D eigenvalue weighted by atomic mass is 19.2. The van der Waals surface area contributed by atoms with Gasteiger partial charge in [0.1, 0.15) is 0 Å². The van der Waals surface area contributed by atoms with E-state index < -0.39 is 11.6 Å². The van der Waals surface area contributed by atoms with Crippen molar-refractivity contribution in [3.63, 3.8) is 0 Å². The van der Waals surface area contributed by atoms with Gasteiger partial charge in [-0.05, 0) is 49.8 Å². The molecule has 100 valence electrons. The summed E-state index contributed by atoms with van der Waals surface area (Å²) in [6, 6.07) is 4.46. The van der Waals surface area contributed by atoms with Crippen LogP contribution < -0.4 is 5.32 Å². The molecule has 0 radical (unpaired) electrons. The van der Waals surface area contributed by atoms with E-state index in [1.165, 1.54) is 6.07 Å². The van der Waals surface area contributed by atoms with E-state index in [0.29, 0.717) is 17.9 Å². The lowest BCUT2D eigenvalue weighted by Gasteiger charge is -2.32. The monoisotopic (exact) mass is 253 g/mol. The second-order valence-corrected chi connectivity index (χ2v) is 5.80. The molecule has 2 rings (SSSR count). The second kappa shape index (κ2) is 5.35. The average molecular weight is 253 g/mol. The minimum atomic E-state index is -0.745. The van der Waals surface area contributed by atoms with Crippen LogP contribution in [0.25, 0.3) is 0 Å². The molecule has 1 fully saturated rings. The van der Waals surface area contributed by atoms with Crippen molar-refractivity contribution >= 4 is 0 Å². The molecule has 1 atom stereocenters. The minimum absolute atomic E-state index is 0.0528. The first-order valence-corrected chi connectivity index (χ1v) is 6.70. The Morgan fingerprint density at radius 1 is 1.33 bits per heavy atom. The summed E-state index contributed by atoms with van der Waals surface area (Å²) in [5, 5.41) is 3.51. The summed E-state index contributed by atoms with van der Waals surface area (Å²) >= 11 is 0. The molecule has 0 aromatic heterocycles. The Labute approximate surface area is 108 Å². The predicted octanol–water partition coefficient (Wildman–Crippen LogP) is 3.68. The van der Waals surface area contributed by atoms with E-state index >= 15 is 0 Å². The van der Waals surface area contributed by atoms with Crippen molar-refractivity contribution in [2.24, 2.45) is 5.92 Å². The van der Waals surface area contributed by atoms with Crippen LogP contribution in [-0.2, 0) is 6.42 Å². The summed E-state index contributed by atoms with van der Waals surface area (Å²) in [4.78, 5) is 0. The largest absolute Gasteiger partial charge is 0.311 e. The third-order valence-corrected chi connectivity index (χ3v) is 3.69. The molecule has 1 nitrogen and oxygen atoms in total. The van der Waals surface area contributed by atoms with Crippen LogP contribution in [0, 0.1) is 17.6 Å². The molecule has 0 saturated carbocycles. The fraction of sp³-hybridized carbons (Fsp3) is 0.600. The van der Waals surface area contributed by atoms with Crippen molar-refractivity contribution in [2.45, 2.75) is 45.1 Å². The van der Waals surface area contributed by atoms with E-state index in [4.69, 9.17) is 0 Å². The topological polar surface area (TPSA) is 12.0 Å². The third-order valence-electron chi connectivity index (χ3n) is 3.69. The maximum atomic E-state index is 13.8. The van der Waals surface area contributed by atoms with E-state index in [-0.39, 0.29) is 5.54 Å². The Bertz CT molecular complexity index is 409. The minimum Gasteiger partial charge on any atom is -0.311 e. The fourth-order valence-electron chi connectivity index (χ4n) is 3.10. The standard InChI is InChI=1S/C15H21F2N/c1-11(2)9-15(7-4-8-18-15)10-12-5-3-6-13(16)14(12)17/h3,5-6,11,18H,4,7-10H2,1-2H3. The van der Waals surface area contributed by atoms with Crippen LogP contribution in [-0.4, -0.2) is 12.1 Å². The molecular formula is C15H21F2N. The SMILES string of the molecule is CC(C)CC1(Cc2cccc(F)c2F)CCCN1. The van der Waals surface area contributed by atoms with Gasteiger partial charge in [0.2, 0.25) is 0 Å². The number of hydrogen-bond donors (Lipinski definition) is 1. The van der Waals surface area contributed by atoms with E-state index in [1.54, 1.807) is 12.1 Å². The number of rotatable bonds is 4. The second-order valence-electron chi connectivity index (χ2n) is 5.80. The van der Waals surface area contributed by atoms with Gasteiger partial charge in [-0.2, -0.15) is 0 Å². The van der Waals surface area contributed by atoms with Gasteiger partial charge < -0.3 is 5.32 Å². The van der Waals surface area contributed by atoms with Crippen LogP contribution in [0.2, 0.25) is 0 Å². The van der Waals surface area contributed by atoms with Crippen LogP contribution in [0.1, 0.15) is 38.7 Å². The summed E-state index contributed by atoms with van der Waals surface area (Å²) in [7, 11) is 0. The molecule has 3 heteroatoms. The number of nitrogens with one attached hydrogen (secondary N) is 1. The Hall–Kier alpha value is -0.960. The van der Waals surface area contributed by atoms with Crippen LogP contribution >= 0.6 is 0 Å². The molecule has 1 N–H and O–H groups in total. The van der Waals surface area contributed by atoms with Crippen molar-refractivity contribution in [3.8, 4) is 0 Å². The van der Waals surface area contributed by atoms with E-state index in [1.807, 2.05) is 0 Å². The van der Waals surface area contributed by atoms with Gasteiger partial charge in [0.15, 0.2) is 11.6 Å². The number of benzene rings is 1. The Morgan fingerprint density at radius 3 is 2.72 bits per heavy atom. The molecule has 0 amide bonds. The van der Waals surface area contributed by atoms with E-state index in [2.05, 4.69) is 19.2 Å². The van der Waals surface area contributed by atoms with Crippen LogP contribution in [0.15, 0.2) is 18.2 Å².